The van der Waals surface area contributed by atoms with E-state index in [0.717, 1.165) is 96.3 Å². The first-order valence-electron chi connectivity index (χ1n) is 23.5. The zero-order valence-corrected chi connectivity index (χ0v) is 39.3. The monoisotopic (exact) mass is 850 g/mol. The van der Waals surface area contributed by atoms with Crippen LogP contribution in [0.5, 0.6) is 0 Å². The summed E-state index contributed by atoms with van der Waals surface area (Å²) in [6, 6.07) is 0. The van der Waals surface area contributed by atoms with Crippen LogP contribution in [-0.2, 0) is 32.7 Å². The second-order valence-electron chi connectivity index (χ2n) is 16.8. The molecule has 0 N–H and O–H groups in total. The molecule has 0 aromatic rings. The zero-order valence-electron chi connectivity index (χ0n) is 38.4. The van der Waals surface area contributed by atoms with E-state index in [-0.39, 0.29) is 26.1 Å². The molecule has 0 aromatic carbocycles. The van der Waals surface area contributed by atoms with E-state index in [1.54, 1.807) is 0 Å². The van der Waals surface area contributed by atoms with Gasteiger partial charge >= 0.3 is 11.9 Å². The third kappa shape index (κ3) is 45.1. The summed E-state index contributed by atoms with van der Waals surface area (Å²) in [5.74, 6) is -0.868. The fourth-order valence-corrected chi connectivity index (χ4v) is 6.76. The Morgan fingerprint density at radius 1 is 0.525 bits per heavy atom. The molecule has 9 nitrogen and oxygen atoms in total. The number of hydrogen-bond acceptors (Lipinski definition) is 8. The molecule has 2 unspecified atom stereocenters. The van der Waals surface area contributed by atoms with Crippen molar-refractivity contribution in [3.63, 3.8) is 0 Å². The maximum atomic E-state index is 12.7. The molecule has 59 heavy (non-hydrogen) atoms. The number of phosphoric ester groups is 1. The largest absolute Gasteiger partial charge is 0.756 e. The quantitative estimate of drug-likeness (QED) is 0.0196. The molecular weight excluding hydrogens is 762 g/mol. The Bertz CT molecular complexity index is 1190. The second-order valence-corrected chi connectivity index (χ2v) is 18.2. The number of unbranched alkanes of at least 4 members (excludes halogenated alkanes) is 18. The van der Waals surface area contributed by atoms with Crippen LogP contribution in [0.4, 0.5) is 0 Å². The van der Waals surface area contributed by atoms with E-state index < -0.39 is 32.5 Å². The summed E-state index contributed by atoms with van der Waals surface area (Å²) in [5.41, 5.74) is 0. The van der Waals surface area contributed by atoms with Crippen LogP contribution in [0.25, 0.3) is 0 Å². The SMILES string of the molecule is CCCC/C=C\C/C=C\CCCCCCCC(=O)OCC(COP(=O)([O-])OCC[N+](C)(C)C)OC(=O)CCCCCCCC/C=C\C/C=C\C/C=C\CCCCCCC. The lowest BCUT2D eigenvalue weighted by Crippen LogP contribution is -2.37. The molecule has 0 heterocycles. The molecule has 0 rings (SSSR count). The smallest absolute Gasteiger partial charge is 0.306 e. The molecular formula is C49H88NO8P. The molecule has 10 heteroatoms. The number of nitrogens with zero attached hydrogens (tertiary/aromatic N) is 1. The number of rotatable bonds is 42. The lowest BCUT2D eigenvalue weighted by atomic mass is 10.1. The first-order valence-corrected chi connectivity index (χ1v) is 25.0. The van der Waals surface area contributed by atoms with Crippen molar-refractivity contribution in [1.29, 1.82) is 0 Å². The van der Waals surface area contributed by atoms with Gasteiger partial charge in [0.2, 0.25) is 0 Å². The molecule has 0 aliphatic rings. The van der Waals surface area contributed by atoms with Crippen molar-refractivity contribution < 1.29 is 42.1 Å². The van der Waals surface area contributed by atoms with Crippen molar-refractivity contribution in [2.75, 3.05) is 47.5 Å². The van der Waals surface area contributed by atoms with Crippen LogP contribution in [0.2, 0.25) is 0 Å². The first kappa shape index (κ1) is 56.7. The van der Waals surface area contributed by atoms with Gasteiger partial charge in [-0.3, -0.25) is 14.2 Å². The van der Waals surface area contributed by atoms with Gasteiger partial charge in [0.25, 0.3) is 7.82 Å². The third-order valence-electron chi connectivity index (χ3n) is 9.76. The van der Waals surface area contributed by atoms with E-state index in [9.17, 15) is 19.0 Å². The molecule has 0 bridgehead atoms. The van der Waals surface area contributed by atoms with Gasteiger partial charge in [0, 0.05) is 12.8 Å². The van der Waals surface area contributed by atoms with Crippen molar-refractivity contribution in [1.82, 2.24) is 0 Å². The molecule has 2 atom stereocenters. The Balaban J connectivity index is 4.36. The highest BCUT2D eigenvalue weighted by molar-refractivity contribution is 7.45. The van der Waals surface area contributed by atoms with E-state index in [0.29, 0.717) is 23.9 Å². The second kappa shape index (κ2) is 41.1. The summed E-state index contributed by atoms with van der Waals surface area (Å²) in [6.07, 6.45) is 49.6. The molecule has 0 aromatic heterocycles. The van der Waals surface area contributed by atoms with Crippen molar-refractivity contribution in [2.45, 2.75) is 193 Å². The molecule has 0 saturated carbocycles. The minimum atomic E-state index is -4.64. The van der Waals surface area contributed by atoms with Gasteiger partial charge in [-0.15, -0.1) is 0 Å². The predicted octanol–water partition coefficient (Wildman–Crippen LogP) is 13.0. The minimum Gasteiger partial charge on any atom is -0.756 e. The van der Waals surface area contributed by atoms with Crippen molar-refractivity contribution in [2.24, 2.45) is 0 Å². The van der Waals surface area contributed by atoms with E-state index in [4.69, 9.17) is 18.5 Å². The van der Waals surface area contributed by atoms with Gasteiger partial charge in [-0.05, 0) is 77.0 Å². The number of likely N-dealkylation sites (N-methyl/N-ethyl adjacent to an activating group) is 1. The Labute approximate surface area is 362 Å². The van der Waals surface area contributed by atoms with Gasteiger partial charge < -0.3 is 27.9 Å². The standard InChI is InChI=1S/C49H88NO8P/c1-6-8-10-12-14-16-18-20-22-23-24-25-26-27-28-30-32-34-36-38-40-42-49(52)58-47(46-57-59(53,54)56-44-43-50(3,4)5)45-55-48(51)41-39-37-35-33-31-29-21-19-17-15-13-11-9-7-2/h13,15,18-21,23-24,26-27,47H,6-12,14,16-17,22,25,28-46H2,1-5H3/b15-13-,20-18-,21-19-,24-23-,27-26-. The average Bonchev–Trinajstić information content (AvgIpc) is 3.19. The van der Waals surface area contributed by atoms with Gasteiger partial charge in [0.15, 0.2) is 6.10 Å². The van der Waals surface area contributed by atoms with Crippen LogP contribution in [0.1, 0.15) is 187 Å². The summed E-state index contributed by atoms with van der Waals surface area (Å²) in [4.78, 5) is 37.6. The van der Waals surface area contributed by atoms with Gasteiger partial charge in [0.05, 0.1) is 27.7 Å². The van der Waals surface area contributed by atoms with E-state index in [1.165, 1.54) is 51.4 Å². The predicted molar refractivity (Wildman–Crippen MR) is 245 cm³/mol. The van der Waals surface area contributed by atoms with E-state index >= 15 is 0 Å². The number of phosphoric acid groups is 1. The number of carbonyl (C=O) groups is 2. The molecule has 0 radical (unpaired) electrons. The van der Waals surface area contributed by atoms with Crippen molar-refractivity contribution in [3.05, 3.63) is 60.8 Å². The molecule has 0 spiro atoms. The maximum absolute atomic E-state index is 12.7. The maximum Gasteiger partial charge on any atom is 0.306 e. The number of hydrogen-bond donors (Lipinski definition) is 0. The van der Waals surface area contributed by atoms with Gasteiger partial charge in [-0.25, -0.2) is 0 Å². The number of allylic oxidation sites excluding steroid dienone is 10. The van der Waals surface area contributed by atoms with Crippen LogP contribution in [0, 0.1) is 0 Å². The Morgan fingerprint density at radius 2 is 0.932 bits per heavy atom. The highest BCUT2D eigenvalue weighted by Gasteiger charge is 2.21. The van der Waals surface area contributed by atoms with Crippen LogP contribution in [0.3, 0.4) is 0 Å². The molecule has 0 fully saturated rings. The molecule has 0 aliphatic carbocycles. The van der Waals surface area contributed by atoms with Gasteiger partial charge in [-0.1, -0.05) is 158 Å². The Morgan fingerprint density at radius 3 is 1.41 bits per heavy atom. The van der Waals surface area contributed by atoms with Gasteiger partial charge in [-0.2, -0.15) is 0 Å². The number of quaternary nitrogens is 1. The highest BCUT2D eigenvalue weighted by Crippen LogP contribution is 2.38. The summed E-state index contributed by atoms with van der Waals surface area (Å²) in [6.45, 7) is 4.14. The normalized spacial score (nSPS) is 14.1. The molecule has 0 aliphatic heterocycles. The lowest BCUT2D eigenvalue weighted by molar-refractivity contribution is -0.870. The van der Waals surface area contributed by atoms with Crippen LogP contribution < -0.4 is 4.89 Å². The van der Waals surface area contributed by atoms with Crippen LogP contribution in [-0.4, -0.2) is 70.0 Å². The summed E-state index contributed by atoms with van der Waals surface area (Å²) < 4.78 is 33.9. The van der Waals surface area contributed by atoms with Crippen LogP contribution in [0.15, 0.2) is 60.8 Å². The molecule has 342 valence electrons. The summed E-state index contributed by atoms with van der Waals surface area (Å²) in [5, 5.41) is 0. The first-order chi connectivity index (χ1) is 28.5. The van der Waals surface area contributed by atoms with E-state index in [1.807, 2.05) is 21.1 Å². The molecule has 0 amide bonds. The van der Waals surface area contributed by atoms with Crippen LogP contribution >= 0.6 is 7.82 Å². The Kier molecular flexibility index (Phi) is 39.5. The minimum absolute atomic E-state index is 0.0385. The topological polar surface area (TPSA) is 111 Å². The fourth-order valence-electron chi connectivity index (χ4n) is 6.03. The Hall–Kier alpha value is -2.29. The highest BCUT2D eigenvalue weighted by atomic mass is 31.2. The fraction of sp³-hybridized carbons (Fsp3) is 0.755. The van der Waals surface area contributed by atoms with Crippen molar-refractivity contribution in [3.8, 4) is 0 Å². The summed E-state index contributed by atoms with van der Waals surface area (Å²) in [7, 11) is 1.14. The number of ether oxygens (including phenoxy) is 2. The van der Waals surface area contributed by atoms with Crippen molar-refractivity contribution >= 4 is 19.8 Å². The number of esters is 2. The number of carbonyl (C=O) groups excluding carboxylic acids is 2. The average molecular weight is 850 g/mol. The molecule has 0 saturated heterocycles. The zero-order chi connectivity index (χ0) is 43.6. The lowest BCUT2D eigenvalue weighted by Gasteiger charge is -2.28. The van der Waals surface area contributed by atoms with Gasteiger partial charge in [0.1, 0.15) is 19.8 Å². The van der Waals surface area contributed by atoms with E-state index in [2.05, 4.69) is 74.6 Å². The third-order valence-corrected chi connectivity index (χ3v) is 10.7. The summed E-state index contributed by atoms with van der Waals surface area (Å²) >= 11 is 0.